The lowest BCUT2D eigenvalue weighted by atomic mass is 9.89. The zero-order chi connectivity index (χ0) is 13.9. The zero-order valence-electron chi connectivity index (χ0n) is 11.5. The van der Waals surface area contributed by atoms with Crippen LogP contribution >= 0.6 is 0 Å². The van der Waals surface area contributed by atoms with Crippen molar-refractivity contribution in [2.24, 2.45) is 10.5 Å². The van der Waals surface area contributed by atoms with Gasteiger partial charge >= 0.3 is 0 Å². The minimum atomic E-state index is -0.291. The molecule has 0 saturated carbocycles. The van der Waals surface area contributed by atoms with Crippen LogP contribution < -0.4 is 0 Å². The maximum atomic E-state index is 11.5. The third-order valence-electron chi connectivity index (χ3n) is 2.29. The summed E-state index contributed by atoms with van der Waals surface area (Å²) in [6, 6.07) is 0. The van der Waals surface area contributed by atoms with Gasteiger partial charge in [-0.2, -0.15) is 0 Å². The number of hydrogen-bond donors (Lipinski definition) is 0. The summed E-state index contributed by atoms with van der Waals surface area (Å²) in [5.41, 5.74) is 7.75. The molecule has 0 atom stereocenters. The molecule has 0 saturated heterocycles. The molecule has 0 spiro atoms. The molecule has 0 aliphatic carbocycles. The van der Waals surface area contributed by atoms with E-state index in [0.717, 1.165) is 0 Å². The van der Waals surface area contributed by atoms with Crippen LogP contribution in [-0.2, 0) is 14.3 Å². The lowest BCUT2D eigenvalue weighted by Gasteiger charge is -2.16. The Morgan fingerprint density at radius 3 is 2.33 bits per heavy atom. The molecule has 0 N–H and O–H groups in total. The van der Waals surface area contributed by atoms with Gasteiger partial charge in [-0.15, -0.1) is 0 Å². The van der Waals surface area contributed by atoms with Gasteiger partial charge in [0.15, 0.2) is 0 Å². The average Bonchev–Trinajstić information content (AvgIpc) is 2.30. The van der Waals surface area contributed by atoms with Crippen LogP contribution in [0.15, 0.2) is 5.11 Å². The van der Waals surface area contributed by atoms with Crippen molar-refractivity contribution in [2.45, 2.75) is 33.6 Å². The third-order valence-corrected chi connectivity index (χ3v) is 2.29. The van der Waals surface area contributed by atoms with Gasteiger partial charge in [0.25, 0.3) is 0 Å². The molecule has 0 amide bonds. The van der Waals surface area contributed by atoms with E-state index in [9.17, 15) is 4.79 Å². The number of Topliss-reactive ketones (excluding diaryl/α,β-unsaturated/α-hetero) is 1. The van der Waals surface area contributed by atoms with E-state index in [0.29, 0.717) is 45.8 Å². The van der Waals surface area contributed by atoms with Crippen molar-refractivity contribution in [1.29, 1.82) is 0 Å². The van der Waals surface area contributed by atoms with Crippen LogP contribution in [-0.4, -0.2) is 38.8 Å². The summed E-state index contributed by atoms with van der Waals surface area (Å²) < 4.78 is 10.6. The van der Waals surface area contributed by atoms with E-state index in [-0.39, 0.29) is 11.2 Å². The molecule has 0 bridgehead atoms. The molecule has 0 aliphatic rings. The van der Waals surface area contributed by atoms with Crippen LogP contribution in [0, 0.1) is 5.41 Å². The fourth-order valence-electron chi connectivity index (χ4n) is 1.14. The van der Waals surface area contributed by atoms with Gasteiger partial charge in [0.1, 0.15) is 5.78 Å². The number of carbonyl (C=O) groups excluding carboxylic acids is 1. The van der Waals surface area contributed by atoms with E-state index in [4.69, 9.17) is 15.0 Å². The summed E-state index contributed by atoms with van der Waals surface area (Å²) in [6.07, 6.45) is 1.16. The normalized spacial score (nSPS) is 11.1. The second-order valence-corrected chi connectivity index (χ2v) is 4.96. The third kappa shape index (κ3) is 10.1. The van der Waals surface area contributed by atoms with Gasteiger partial charge in [0, 0.05) is 29.9 Å². The molecule has 0 heterocycles. The highest BCUT2D eigenvalue weighted by Gasteiger charge is 2.20. The van der Waals surface area contributed by atoms with E-state index in [2.05, 4.69) is 10.0 Å². The Bertz CT molecular complexity index is 281. The van der Waals surface area contributed by atoms with Crippen molar-refractivity contribution >= 4 is 5.78 Å². The predicted octanol–water partition coefficient (Wildman–Crippen LogP) is 2.73. The van der Waals surface area contributed by atoms with Gasteiger partial charge in [-0.3, -0.25) is 4.79 Å². The highest BCUT2D eigenvalue weighted by molar-refractivity contribution is 5.83. The fourth-order valence-corrected chi connectivity index (χ4v) is 1.14. The first kappa shape index (κ1) is 16.9. The SMILES string of the molecule is CC(C)(C)C(=O)CCOCCOCCCN=[N+]=[N-]. The van der Waals surface area contributed by atoms with E-state index < -0.39 is 0 Å². The molecular weight excluding hydrogens is 234 g/mol. The standard InChI is InChI=1S/C12H23N3O3/c1-12(2,3)11(16)5-8-18-10-9-17-7-4-6-14-15-13/h4-10H2,1-3H3. The largest absolute Gasteiger partial charge is 0.379 e. The van der Waals surface area contributed by atoms with Crippen LogP contribution in [0.2, 0.25) is 0 Å². The molecule has 0 radical (unpaired) electrons. The minimum absolute atomic E-state index is 0.206. The highest BCUT2D eigenvalue weighted by Crippen LogP contribution is 2.16. The molecule has 6 nitrogen and oxygen atoms in total. The van der Waals surface area contributed by atoms with Crippen LogP contribution in [0.5, 0.6) is 0 Å². The second kappa shape index (κ2) is 9.88. The van der Waals surface area contributed by atoms with Gasteiger partial charge in [0.2, 0.25) is 0 Å². The van der Waals surface area contributed by atoms with Crippen molar-refractivity contribution in [1.82, 2.24) is 0 Å². The van der Waals surface area contributed by atoms with Crippen LogP contribution in [0.25, 0.3) is 10.4 Å². The number of azide groups is 1. The minimum Gasteiger partial charge on any atom is -0.379 e. The first-order valence-corrected chi connectivity index (χ1v) is 6.18. The van der Waals surface area contributed by atoms with Crippen LogP contribution in [0.1, 0.15) is 33.6 Å². The second-order valence-electron chi connectivity index (χ2n) is 4.96. The maximum absolute atomic E-state index is 11.5. The maximum Gasteiger partial charge on any atom is 0.140 e. The first-order valence-electron chi connectivity index (χ1n) is 6.18. The molecular formula is C12H23N3O3. The van der Waals surface area contributed by atoms with E-state index >= 15 is 0 Å². The van der Waals surface area contributed by atoms with Gasteiger partial charge in [0.05, 0.1) is 19.8 Å². The monoisotopic (exact) mass is 257 g/mol. The molecule has 0 aliphatic heterocycles. The lowest BCUT2D eigenvalue weighted by Crippen LogP contribution is -2.21. The highest BCUT2D eigenvalue weighted by atomic mass is 16.5. The molecule has 18 heavy (non-hydrogen) atoms. The molecule has 0 aromatic carbocycles. The Labute approximate surface area is 108 Å². The zero-order valence-corrected chi connectivity index (χ0v) is 11.5. The number of nitrogens with zero attached hydrogens (tertiary/aromatic N) is 3. The summed E-state index contributed by atoms with van der Waals surface area (Å²) >= 11 is 0. The Morgan fingerprint density at radius 2 is 1.78 bits per heavy atom. The number of ketones is 1. The van der Waals surface area contributed by atoms with Crippen molar-refractivity contribution in [3.05, 3.63) is 10.4 Å². The number of hydrogen-bond acceptors (Lipinski definition) is 4. The van der Waals surface area contributed by atoms with Crippen molar-refractivity contribution in [3.8, 4) is 0 Å². The Morgan fingerprint density at radius 1 is 1.17 bits per heavy atom. The van der Waals surface area contributed by atoms with Crippen LogP contribution in [0.3, 0.4) is 0 Å². The predicted molar refractivity (Wildman–Crippen MR) is 69.3 cm³/mol. The summed E-state index contributed by atoms with van der Waals surface area (Å²) in [5, 5.41) is 3.39. The Kier molecular flexibility index (Phi) is 9.28. The van der Waals surface area contributed by atoms with Gasteiger partial charge in [-0.1, -0.05) is 25.9 Å². The van der Waals surface area contributed by atoms with Gasteiger partial charge in [-0.05, 0) is 12.0 Å². The van der Waals surface area contributed by atoms with Crippen molar-refractivity contribution < 1.29 is 14.3 Å². The number of rotatable bonds is 10. The van der Waals surface area contributed by atoms with Crippen LogP contribution in [0.4, 0.5) is 0 Å². The van der Waals surface area contributed by atoms with E-state index in [1.54, 1.807) is 0 Å². The molecule has 6 heteroatoms. The molecule has 0 fully saturated rings. The topological polar surface area (TPSA) is 84.3 Å². The molecule has 0 aromatic heterocycles. The van der Waals surface area contributed by atoms with E-state index in [1.165, 1.54) is 0 Å². The number of carbonyl (C=O) groups is 1. The Hall–Kier alpha value is -1.10. The molecule has 104 valence electrons. The quantitative estimate of drug-likeness (QED) is 0.261. The molecule has 0 rings (SSSR count). The van der Waals surface area contributed by atoms with Gasteiger partial charge in [-0.25, -0.2) is 0 Å². The van der Waals surface area contributed by atoms with Crippen molar-refractivity contribution in [3.63, 3.8) is 0 Å². The summed E-state index contributed by atoms with van der Waals surface area (Å²) in [7, 11) is 0. The Balaban J connectivity index is 3.26. The van der Waals surface area contributed by atoms with Crippen molar-refractivity contribution in [2.75, 3.05) is 33.0 Å². The summed E-state index contributed by atoms with van der Waals surface area (Å²) in [5.74, 6) is 0.206. The lowest BCUT2D eigenvalue weighted by molar-refractivity contribution is -0.127. The molecule has 0 aromatic rings. The number of ether oxygens (including phenoxy) is 2. The average molecular weight is 257 g/mol. The smallest absolute Gasteiger partial charge is 0.140 e. The summed E-state index contributed by atoms with van der Waals surface area (Å²) in [6.45, 7) is 8.16. The fraction of sp³-hybridized carbons (Fsp3) is 0.917. The van der Waals surface area contributed by atoms with E-state index in [1.807, 2.05) is 20.8 Å². The van der Waals surface area contributed by atoms with Gasteiger partial charge < -0.3 is 9.47 Å². The molecule has 0 unspecified atom stereocenters. The summed E-state index contributed by atoms with van der Waals surface area (Å²) in [4.78, 5) is 14.2. The first-order chi connectivity index (χ1) is 8.48.